The first-order chi connectivity index (χ1) is 26.6. The van der Waals surface area contributed by atoms with Crippen LogP contribution in [0, 0.1) is 5.92 Å². The summed E-state index contributed by atoms with van der Waals surface area (Å²) in [6.07, 6.45) is 18.1. The van der Waals surface area contributed by atoms with Crippen molar-refractivity contribution < 1.29 is 0 Å². The fraction of sp³-hybridized carbons (Fsp3) is 0.115. The van der Waals surface area contributed by atoms with E-state index in [1.807, 2.05) is 18.2 Å². The molecule has 6 aromatic rings. The van der Waals surface area contributed by atoms with E-state index in [-0.39, 0.29) is 5.92 Å². The van der Waals surface area contributed by atoms with Crippen LogP contribution in [0.25, 0.3) is 62.6 Å². The Morgan fingerprint density at radius 3 is 2.06 bits per heavy atom. The summed E-state index contributed by atoms with van der Waals surface area (Å²) in [5.74, 6) is 0.855. The molecule has 7 rings (SSSR count). The summed E-state index contributed by atoms with van der Waals surface area (Å²) >= 11 is 0. The second-order valence-electron chi connectivity index (χ2n) is 13.8. The Balaban J connectivity index is 1.19. The minimum atomic E-state index is 0.161. The zero-order chi connectivity index (χ0) is 37.1. The van der Waals surface area contributed by atoms with E-state index >= 15 is 0 Å². The Hall–Kier alpha value is -6.38. The first kappa shape index (κ1) is 36.0. The number of nitrogens with zero attached hydrogens (tertiary/aromatic N) is 2. The van der Waals surface area contributed by atoms with Gasteiger partial charge in [0.1, 0.15) is 0 Å². The highest BCUT2D eigenvalue weighted by Gasteiger charge is 2.15. The molecule has 1 saturated carbocycles. The van der Waals surface area contributed by atoms with Crippen molar-refractivity contribution in [3.8, 4) is 44.9 Å². The zero-order valence-electron chi connectivity index (χ0n) is 30.9. The van der Waals surface area contributed by atoms with Crippen LogP contribution in [0.4, 0.5) is 0 Å². The lowest BCUT2D eigenvalue weighted by Gasteiger charge is -2.20. The maximum Gasteiger partial charge on any atom is 0.160 e. The van der Waals surface area contributed by atoms with Crippen molar-refractivity contribution in [3.05, 3.63) is 212 Å². The molecule has 2 heteroatoms. The first-order valence-electron chi connectivity index (χ1n) is 18.9. The molecule has 0 aliphatic heterocycles. The number of aromatic nitrogens is 2. The zero-order valence-corrected chi connectivity index (χ0v) is 30.9. The topological polar surface area (TPSA) is 25.8 Å². The fourth-order valence-electron chi connectivity index (χ4n) is 7.18. The Bertz CT molecular complexity index is 2340. The molecule has 0 bridgehead atoms. The highest BCUT2D eigenvalue weighted by Crippen LogP contribution is 2.35. The van der Waals surface area contributed by atoms with Gasteiger partial charge in [-0.05, 0) is 101 Å². The lowest BCUT2D eigenvalue weighted by atomic mass is 9.85. The largest absolute Gasteiger partial charge is 0.229 e. The summed E-state index contributed by atoms with van der Waals surface area (Å²) < 4.78 is 0. The maximum absolute atomic E-state index is 5.14. The van der Waals surface area contributed by atoms with Crippen LogP contribution in [0.5, 0.6) is 0 Å². The van der Waals surface area contributed by atoms with Crippen LogP contribution in [0.1, 0.15) is 48.9 Å². The van der Waals surface area contributed by atoms with Gasteiger partial charge in [0, 0.05) is 11.1 Å². The molecule has 1 heterocycles. The van der Waals surface area contributed by atoms with Gasteiger partial charge < -0.3 is 0 Å². The molecule has 0 N–H and O–H groups in total. The van der Waals surface area contributed by atoms with Crippen LogP contribution < -0.4 is 0 Å². The van der Waals surface area contributed by atoms with Crippen molar-refractivity contribution in [1.29, 1.82) is 0 Å². The van der Waals surface area contributed by atoms with Crippen LogP contribution in [0.15, 0.2) is 195 Å². The van der Waals surface area contributed by atoms with Crippen molar-refractivity contribution >= 4 is 17.7 Å². The van der Waals surface area contributed by atoms with Crippen LogP contribution in [-0.2, 0) is 0 Å². The van der Waals surface area contributed by atoms with E-state index in [9.17, 15) is 0 Å². The fourth-order valence-corrected chi connectivity index (χ4v) is 7.18. The molecule has 0 saturated heterocycles. The third-order valence-corrected chi connectivity index (χ3v) is 10.1. The molecule has 1 aromatic heterocycles. The monoisotopic (exact) mass is 698 g/mol. The summed E-state index contributed by atoms with van der Waals surface area (Å²) in [7, 11) is 0. The highest BCUT2D eigenvalue weighted by atomic mass is 14.9. The minimum absolute atomic E-state index is 0.161. The van der Waals surface area contributed by atoms with E-state index in [4.69, 9.17) is 9.97 Å². The van der Waals surface area contributed by atoms with Gasteiger partial charge in [-0.3, -0.25) is 0 Å². The number of benzene rings is 5. The molecule has 264 valence electrons. The molecule has 1 aliphatic carbocycles. The van der Waals surface area contributed by atoms with E-state index in [1.165, 1.54) is 46.3 Å². The third-order valence-electron chi connectivity index (χ3n) is 10.1. The van der Waals surface area contributed by atoms with Gasteiger partial charge in [-0.1, -0.05) is 177 Å². The molecule has 1 atom stereocenters. The van der Waals surface area contributed by atoms with E-state index in [0.29, 0.717) is 5.82 Å². The number of rotatable bonds is 12. The molecular weight excluding hydrogens is 653 g/mol. The summed E-state index contributed by atoms with van der Waals surface area (Å²) in [4.78, 5) is 10.2. The predicted molar refractivity (Wildman–Crippen MR) is 231 cm³/mol. The van der Waals surface area contributed by atoms with Gasteiger partial charge in [-0.2, -0.15) is 0 Å². The number of allylic oxidation sites excluding steroid dienone is 7. The molecule has 0 amide bonds. The van der Waals surface area contributed by atoms with E-state index in [1.54, 1.807) is 0 Å². The second-order valence-corrected chi connectivity index (χ2v) is 13.8. The van der Waals surface area contributed by atoms with E-state index in [0.717, 1.165) is 58.5 Å². The first-order valence-corrected chi connectivity index (χ1v) is 18.9. The summed E-state index contributed by atoms with van der Waals surface area (Å²) in [6.45, 7) is 12.7. The lowest BCUT2D eigenvalue weighted by Crippen LogP contribution is -2.00. The molecule has 1 fully saturated rings. The Kier molecular flexibility index (Phi) is 11.6. The summed E-state index contributed by atoms with van der Waals surface area (Å²) in [6, 6.07) is 48.8. The normalized spacial score (nSPS) is 14.6. The van der Waals surface area contributed by atoms with Gasteiger partial charge >= 0.3 is 0 Å². The highest BCUT2D eigenvalue weighted by molar-refractivity contribution is 5.81. The lowest BCUT2D eigenvalue weighted by molar-refractivity contribution is 0.682. The quantitative estimate of drug-likeness (QED) is 0.119. The number of hydrogen-bond donors (Lipinski definition) is 0. The van der Waals surface area contributed by atoms with Crippen molar-refractivity contribution in [2.45, 2.75) is 32.1 Å². The van der Waals surface area contributed by atoms with Gasteiger partial charge in [0.2, 0.25) is 0 Å². The third kappa shape index (κ3) is 8.62. The molecular formula is C52H46N2. The van der Waals surface area contributed by atoms with Crippen LogP contribution in [0.3, 0.4) is 0 Å². The molecule has 2 nitrogen and oxygen atoms in total. The Labute approximate surface area is 321 Å². The molecule has 5 aromatic carbocycles. The van der Waals surface area contributed by atoms with Crippen LogP contribution in [-0.4, -0.2) is 9.97 Å². The van der Waals surface area contributed by atoms with Gasteiger partial charge in [-0.15, -0.1) is 6.58 Å². The van der Waals surface area contributed by atoms with Crippen molar-refractivity contribution in [3.63, 3.8) is 0 Å². The van der Waals surface area contributed by atoms with Gasteiger partial charge in [0.05, 0.1) is 11.4 Å². The van der Waals surface area contributed by atoms with Crippen molar-refractivity contribution in [2.75, 3.05) is 0 Å². The Morgan fingerprint density at radius 1 is 0.630 bits per heavy atom. The SMILES string of the molecule is C=C/C(=C1/CCCCC1=C)c1ccc(-c2cc(/C=C/CC(C=C)/C=C/c3ccccc3-c3ccccc3)nc(-c3cccc(-c4ccccc4)c3)n2)cc1. The van der Waals surface area contributed by atoms with Crippen LogP contribution in [0.2, 0.25) is 0 Å². The van der Waals surface area contributed by atoms with Gasteiger partial charge in [-0.25, -0.2) is 9.97 Å². The van der Waals surface area contributed by atoms with Crippen molar-refractivity contribution in [2.24, 2.45) is 5.92 Å². The molecule has 0 radical (unpaired) electrons. The van der Waals surface area contributed by atoms with E-state index < -0.39 is 0 Å². The van der Waals surface area contributed by atoms with Gasteiger partial charge in [0.15, 0.2) is 5.82 Å². The van der Waals surface area contributed by atoms with Crippen LogP contribution >= 0.6 is 0 Å². The number of hydrogen-bond acceptors (Lipinski definition) is 2. The smallest absolute Gasteiger partial charge is 0.160 e. The minimum Gasteiger partial charge on any atom is -0.229 e. The maximum atomic E-state index is 5.14. The molecule has 1 aliphatic rings. The standard InChI is InChI=1S/C52H46N2/c1-4-39(30-31-42-24-13-15-29-50(42)41-22-10-7-11-23-41)19-16-27-47-37-51(44-34-32-43(33-35-44)48(5-2)49-28-14-12-18-38(49)3)54-52(53-47)46-26-17-25-45(36-46)40-20-8-6-9-21-40/h4-11,13,15-17,20-27,29-37,39H,1-3,12,14,18-19,28H2/b27-16+,31-30+,49-48+. The average molecular weight is 699 g/mol. The summed E-state index contributed by atoms with van der Waals surface area (Å²) in [5, 5.41) is 0. The molecule has 54 heavy (non-hydrogen) atoms. The average Bonchev–Trinajstić information content (AvgIpc) is 3.24. The van der Waals surface area contributed by atoms with E-state index in [2.05, 4.69) is 178 Å². The van der Waals surface area contributed by atoms with Crippen molar-refractivity contribution in [1.82, 2.24) is 9.97 Å². The molecule has 1 unspecified atom stereocenters. The van der Waals surface area contributed by atoms with Gasteiger partial charge in [0.25, 0.3) is 0 Å². The summed E-state index contributed by atoms with van der Waals surface area (Å²) in [5.41, 5.74) is 14.6. The predicted octanol–water partition coefficient (Wildman–Crippen LogP) is 14.1. The Morgan fingerprint density at radius 2 is 1.31 bits per heavy atom. The second kappa shape index (κ2) is 17.4. The molecule has 0 spiro atoms.